The number of carboxylic acids is 1. The zero-order chi connectivity index (χ0) is 28.2. The number of benzene rings is 2. The summed E-state index contributed by atoms with van der Waals surface area (Å²) in [4.78, 5) is 47.3. The van der Waals surface area contributed by atoms with Gasteiger partial charge in [-0.3, -0.25) is 14.3 Å². The molecule has 1 fully saturated rings. The molecule has 1 spiro atoms. The van der Waals surface area contributed by atoms with Crippen LogP contribution >= 0.6 is 0 Å². The van der Waals surface area contributed by atoms with Gasteiger partial charge in [-0.15, -0.1) is 0 Å². The zero-order valence-electron chi connectivity index (χ0n) is 22.7. The first-order chi connectivity index (χ1) is 19.1. The molecule has 0 unspecified atom stereocenters. The number of piperidine rings is 1. The second kappa shape index (κ2) is 9.62. The second-order valence-corrected chi connectivity index (χ2v) is 11.3. The molecule has 1 aliphatic carbocycles. The number of Topliss-reactive ketones (excluding diaryl/α,β-unsaturated/α-hetero) is 1. The predicted molar refractivity (Wildman–Crippen MR) is 147 cm³/mol. The van der Waals surface area contributed by atoms with E-state index in [0.717, 1.165) is 30.5 Å². The molecule has 3 heterocycles. The van der Waals surface area contributed by atoms with E-state index in [4.69, 9.17) is 4.74 Å². The maximum Gasteiger partial charge on any atom is 0.336 e. The van der Waals surface area contributed by atoms with Gasteiger partial charge in [0.05, 0.1) is 22.8 Å². The summed E-state index contributed by atoms with van der Waals surface area (Å²) in [6.45, 7) is 6.97. The molecular weight excluding hydrogens is 510 g/mol. The number of aromatic carboxylic acids is 1. The van der Waals surface area contributed by atoms with E-state index in [1.54, 1.807) is 37.3 Å². The van der Waals surface area contributed by atoms with Crippen LogP contribution in [0.3, 0.4) is 0 Å². The number of amides is 1. The maximum atomic E-state index is 13.4. The minimum Gasteiger partial charge on any atom is -0.478 e. The van der Waals surface area contributed by atoms with Crippen molar-refractivity contribution in [2.75, 3.05) is 13.1 Å². The normalized spacial score (nSPS) is 16.5. The van der Waals surface area contributed by atoms with Crippen LogP contribution in [0.4, 0.5) is 0 Å². The first-order valence-electron chi connectivity index (χ1n) is 13.5. The van der Waals surface area contributed by atoms with Crippen molar-refractivity contribution >= 4 is 28.7 Å². The molecule has 0 atom stereocenters. The molecule has 2 N–H and O–H groups in total. The molecule has 40 heavy (non-hydrogen) atoms. The molecule has 2 aromatic heterocycles. The van der Waals surface area contributed by atoms with Crippen LogP contribution in [0.25, 0.3) is 11.0 Å². The molecule has 10 heteroatoms. The van der Waals surface area contributed by atoms with Crippen LogP contribution in [-0.4, -0.2) is 60.5 Å². The summed E-state index contributed by atoms with van der Waals surface area (Å²) < 4.78 is 7.61. The van der Waals surface area contributed by atoms with Gasteiger partial charge in [-0.05, 0) is 81.3 Å². The van der Waals surface area contributed by atoms with Crippen LogP contribution in [0.15, 0.2) is 42.6 Å². The number of aromatic nitrogens is 4. The first-order valence-corrected chi connectivity index (χ1v) is 13.5. The van der Waals surface area contributed by atoms with Crippen molar-refractivity contribution in [3.05, 3.63) is 70.5 Å². The van der Waals surface area contributed by atoms with Gasteiger partial charge in [0, 0.05) is 36.7 Å². The first kappa shape index (κ1) is 25.8. The molecule has 206 valence electrons. The minimum absolute atomic E-state index is 0.0612. The third-order valence-corrected chi connectivity index (χ3v) is 8.20. The van der Waals surface area contributed by atoms with Gasteiger partial charge in [0.25, 0.3) is 11.9 Å². The van der Waals surface area contributed by atoms with Crippen molar-refractivity contribution in [3.63, 3.8) is 0 Å². The number of H-pyrrole nitrogens is 1. The Bertz CT molecular complexity index is 1660. The number of likely N-dealkylation sites (tertiary alicyclic amines) is 1. The molecule has 10 nitrogen and oxygen atoms in total. The van der Waals surface area contributed by atoms with Gasteiger partial charge in [0.1, 0.15) is 11.4 Å². The molecule has 6 rings (SSSR count). The number of carbonyl (C=O) groups is 3. The minimum atomic E-state index is -1.03. The molecule has 1 saturated heterocycles. The number of aromatic amines is 1. The Morgan fingerprint density at radius 2 is 1.88 bits per heavy atom. The van der Waals surface area contributed by atoms with E-state index >= 15 is 0 Å². The third-order valence-electron chi connectivity index (χ3n) is 8.20. The molecule has 2 aliphatic rings. The molecule has 1 amide bonds. The lowest BCUT2D eigenvalue weighted by atomic mass is 9.67. The van der Waals surface area contributed by atoms with Gasteiger partial charge in [0.2, 0.25) is 0 Å². The highest BCUT2D eigenvalue weighted by Crippen LogP contribution is 2.44. The van der Waals surface area contributed by atoms with Crippen LogP contribution < -0.4 is 4.74 Å². The molecule has 0 saturated carbocycles. The van der Waals surface area contributed by atoms with E-state index in [-0.39, 0.29) is 34.7 Å². The lowest BCUT2D eigenvalue weighted by Gasteiger charge is -2.43. The van der Waals surface area contributed by atoms with E-state index in [2.05, 4.69) is 15.1 Å². The monoisotopic (exact) mass is 541 g/mol. The summed E-state index contributed by atoms with van der Waals surface area (Å²) in [7, 11) is 0. The number of ketones is 1. The zero-order valence-corrected chi connectivity index (χ0v) is 22.7. The van der Waals surface area contributed by atoms with Crippen LogP contribution in [0, 0.1) is 12.3 Å². The van der Waals surface area contributed by atoms with Gasteiger partial charge in [0.15, 0.2) is 5.78 Å². The Labute approximate surface area is 231 Å². The molecule has 0 bridgehead atoms. The largest absolute Gasteiger partial charge is 0.478 e. The summed E-state index contributed by atoms with van der Waals surface area (Å²) in [6, 6.07) is 10.5. The Morgan fingerprint density at radius 3 is 2.60 bits per heavy atom. The number of ether oxygens (including phenoxy) is 1. The van der Waals surface area contributed by atoms with Crippen LogP contribution in [0.5, 0.6) is 11.8 Å². The highest BCUT2D eigenvalue weighted by molar-refractivity contribution is 5.98. The maximum absolute atomic E-state index is 13.4. The summed E-state index contributed by atoms with van der Waals surface area (Å²) in [5, 5.41) is 13.8. The number of rotatable bonds is 5. The number of nitrogens with zero attached hydrogens (tertiary/aromatic N) is 4. The number of imidazole rings is 1. The third kappa shape index (κ3) is 4.53. The van der Waals surface area contributed by atoms with E-state index in [0.29, 0.717) is 47.4 Å². The molecule has 2 aromatic carbocycles. The van der Waals surface area contributed by atoms with E-state index < -0.39 is 5.97 Å². The molecule has 4 aromatic rings. The Hall–Kier alpha value is -4.47. The molecular formula is C30H31N5O5. The van der Waals surface area contributed by atoms with E-state index in [9.17, 15) is 19.5 Å². The summed E-state index contributed by atoms with van der Waals surface area (Å²) in [5.41, 5.74) is 4.27. The standard InChI is InChI=1S/C30H31N5O5/c1-17(2)35-26-20(16-31-35)14-30(15-25(26)36)8-10-34(11-9-30)27(37)19-5-7-23-24(12-19)33-29(32-23)40-21-6-4-18(3)22(13-21)28(38)39/h4-7,12-13,16-17H,8-11,14-15H2,1-3H3,(H,32,33)(H,38,39). The predicted octanol–water partition coefficient (Wildman–Crippen LogP) is 5.19. The fourth-order valence-corrected chi connectivity index (χ4v) is 6.01. The number of hydrogen-bond acceptors (Lipinski definition) is 6. The highest BCUT2D eigenvalue weighted by Gasteiger charge is 2.43. The summed E-state index contributed by atoms with van der Waals surface area (Å²) in [5.74, 6) is -0.583. The lowest BCUT2D eigenvalue weighted by molar-refractivity contribution is 0.0516. The SMILES string of the molecule is Cc1ccc(Oc2nc3ccc(C(=O)N4CCC5(CC4)CC(=O)c4c(cnn4C(C)C)C5)cc3[nH]2)cc1C(=O)O. The summed E-state index contributed by atoms with van der Waals surface area (Å²) in [6.07, 6.45) is 4.71. The summed E-state index contributed by atoms with van der Waals surface area (Å²) >= 11 is 0. The van der Waals surface area contributed by atoms with E-state index in [1.807, 2.05) is 29.6 Å². The van der Waals surface area contributed by atoms with E-state index in [1.165, 1.54) is 6.07 Å². The number of hydrogen-bond donors (Lipinski definition) is 2. The van der Waals surface area contributed by atoms with Crippen molar-refractivity contribution in [1.29, 1.82) is 0 Å². The number of nitrogens with one attached hydrogen (secondary N) is 1. The molecule has 1 aliphatic heterocycles. The van der Waals surface area contributed by atoms with Crippen molar-refractivity contribution < 1.29 is 24.2 Å². The lowest BCUT2D eigenvalue weighted by Crippen LogP contribution is -2.46. The Kier molecular flexibility index (Phi) is 6.20. The van der Waals surface area contributed by atoms with Crippen LogP contribution in [0.1, 0.15) is 81.5 Å². The van der Waals surface area contributed by atoms with Gasteiger partial charge >= 0.3 is 5.97 Å². The van der Waals surface area contributed by atoms with Crippen LogP contribution in [0.2, 0.25) is 0 Å². The van der Waals surface area contributed by atoms with Gasteiger partial charge in [-0.25, -0.2) is 4.79 Å². The fourth-order valence-electron chi connectivity index (χ4n) is 6.01. The van der Waals surface area contributed by atoms with Gasteiger partial charge < -0.3 is 19.7 Å². The Balaban J connectivity index is 1.14. The van der Waals surface area contributed by atoms with Crippen molar-refractivity contribution in [2.24, 2.45) is 5.41 Å². The van der Waals surface area contributed by atoms with Crippen LogP contribution in [-0.2, 0) is 6.42 Å². The number of carbonyl (C=O) groups excluding carboxylic acids is 2. The average Bonchev–Trinajstić information content (AvgIpc) is 3.53. The van der Waals surface area contributed by atoms with Gasteiger partial charge in [-0.1, -0.05) is 6.07 Å². The molecule has 0 radical (unpaired) electrons. The second-order valence-electron chi connectivity index (χ2n) is 11.3. The number of carboxylic acid groups (broad SMARTS) is 1. The fraction of sp³-hybridized carbons (Fsp3) is 0.367. The highest BCUT2D eigenvalue weighted by atomic mass is 16.5. The number of fused-ring (bicyclic) bond motifs is 2. The quantitative estimate of drug-likeness (QED) is 0.355. The topological polar surface area (TPSA) is 130 Å². The van der Waals surface area contributed by atoms with Crippen molar-refractivity contribution in [1.82, 2.24) is 24.6 Å². The van der Waals surface area contributed by atoms with Gasteiger partial charge in [-0.2, -0.15) is 10.1 Å². The van der Waals surface area contributed by atoms with Crippen molar-refractivity contribution in [3.8, 4) is 11.8 Å². The average molecular weight is 542 g/mol. The smallest absolute Gasteiger partial charge is 0.336 e. The Morgan fingerprint density at radius 1 is 1.10 bits per heavy atom. The van der Waals surface area contributed by atoms with Crippen molar-refractivity contribution in [2.45, 2.75) is 52.5 Å². The number of aryl methyl sites for hydroxylation is 1.